The zero-order valence-electron chi connectivity index (χ0n) is 10.6. The van der Waals surface area contributed by atoms with Crippen molar-refractivity contribution in [2.24, 2.45) is 0 Å². The van der Waals surface area contributed by atoms with Crippen molar-refractivity contribution in [3.8, 4) is 0 Å². The van der Waals surface area contributed by atoms with Crippen LogP contribution in [0.2, 0.25) is 5.15 Å². The number of ether oxygens (including phenoxy) is 1. The molecule has 0 bridgehead atoms. The van der Waals surface area contributed by atoms with Crippen LogP contribution in [0.15, 0.2) is 12.1 Å². The number of pyridine rings is 1. The van der Waals surface area contributed by atoms with Crippen molar-refractivity contribution < 1.29 is 14.5 Å². The van der Waals surface area contributed by atoms with E-state index in [0.717, 1.165) is 0 Å². The summed E-state index contributed by atoms with van der Waals surface area (Å²) in [5.41, 5.74) is 0.833. The van der Waals surface area contributed by atoms with Gasteiger partial charge in [0, 0.05) is 17.3 Å². The van der Waals surface area contributed by atoms with E-state index in [1.54, 1.807) is 26.0 Å². The number of esters is 1. The van der Waals surface area contributed by atoms with Crippen LogP contribution < -0.4 is 0 Å². The highest BCUT2D eigenvalue weighted by molar-refractivity contribution is 6.31. The Morgan fingerprint density at radius 1 is 1.63 bits per heavy atom. The number of halogens is 1. The average molecular weight is 285 g/mol. The summed E-state index contributed by atoms with van der Waals surface area (Å²) in [6.07, 6.45) is 3.26. The lowest BCUT2D eigenvalue weighted by molar-refractivity contribution is -0.385. The Bertz CT molecular complexity index is 529. The van der Waals surface area contributed by atoms with Crippen molar-refractivity contribution in [1.29, 1.82) is 0 Å². The van der Waals surface area contributed by atoms with Crippen LogP contribution in [0.4, 0.5) is 5.69 Å². The van der Waals surface area contributed by atoms with Crippen LogP contribution in [0.25, 0.3) is 6.08 Å². The SMILES string of the molecule is CCOC(=O)CC=Cc1cc([N+](=O)[O-])c(Cl)nc1C. The number of carbonyl (C=O) groups excluding carboxylic acids is 1. The summed E-state index contributed by atoms with van der Waals surface area (Å²) in [5, 5.41) is 10.6. The highest BCUT2D eigenvalue weighted by atomic mass is 35.5. The molecule has 1 heterocycles. The van der Waals surface area contributed by atoms with Crippen LogP contribution >= 0.6 is 11.6 Å². The van der Waals surface area contributed by atoms with Crippen LogP contribution in [0.1, 0.15) is 24.6 Å². The fourth-order valence-electron chi connectivity index (χ4n) is 1.38. The van der Waals surface area contributed by atoms with Crippen molar-refractivity contribution in [1.82, 2.24) is 4.98 Å². The molecule has 1 rings (SSSR count). The van der Waals surface area contributed by atoms with E-state index in [9.17, 15) is 14.9 Å². The van der Waals surface area contributed by atoms with Gasteiger partial charge in [-0.05, 0) is 13.8 Å². The Labute approximate surface area is 115 Å². The lowest BCUT2D eigenvalue weighted by Gasteiger charge is -2.02. The molecular formula is C12H13ClN2O4. The molecule has 1 aromatic heterocycles. The molecule has 0 aliphatic heterocycles. The molecule has 0 spiro atoms. The molecule has 6 nitrogen and oxygen atoms in total. The lowest BCUT2D eigenvalue weighted by Crippen LogP contribution is -2.01. The number of carbonyl (C=O) groups is 1. The first kappa shape index (κ1) is 15.1. The molecule has 0 amide bonds. The molecule has 1 aromatic rings. The molecule has 102 valence electrons. The predicted molar refractivity (Wildman–Crippen MR) is 70.9 cm³/mol. The number of aryl methyl sites for hydroxylation is 1. The largest absolute Gasteiger partial charge is 0.466 e. The number of hydrogen-bond donors (Lipinski definition) is 0. The smallest absolute Gasteiger partial charge is 0.309 e. The Morgan fingerprint density at radius 3 is 2.89 bits per heavy atom. The van der Waals surface area contributed by atoms with E-state index in [0.29, 0.717) is 17.9 Å². The summed E-state index contributed by atoms with van der Waals surface area (Å²) < 4.78 is 4.76. The quantitative estimate of drug-likeness (QED) is 0.359. The van der Waals surface area contributed by atoms with Crippen LogP contribution in [0.5, 0.6) is 0 Å². The van der Waals surface area contributed by atoms with Crippen LogP contribution in [-0.2, 0) is 9.53 Å². The van der Waals surface area contributed by atoms with Gasteiger partial charge in [-0.25, -0.2) is 4.98 Å². The van der Waals surface area contributed by atoms with Crippen molar-refractivity contribution in [3.63, 3.8) is 0 Å². The van der Waals surface area contributed by atoms with Gasteiger partial charge < -0.3 is 4.74 Å². The standard InChI is InChI=1S/C12H13ClN2O4/c1-3-19-11(16)6-4-5-9-7-10(15(17)18)12(13)14-8(9)2/h4-5,7H,3,6H2,1-2H3. The summed E-state index contributed by atoms with van der Waals surface area (Å²) in [4.78, 5) is 25.1. The minimum atomic E-state index is -0.600. The van der Waals surface area contributed by atoms with Gasteiger partial charge in [0.25, 0.3) is 0 Å². The van der Waals surface area contributed by atoms with Gasteiger partial charge in [-0.2, -0.15) is 0 Å². The van der Waals surface area contributed by atoms with E-state index in [1.165, 1.54) is 6.07 Å². The number of nitro groups is 1. The van der Waals surface area contributed by atoms with Crippen molar-refractivity contribution in [2.75, 3.05) is 6.61 Å². The van der Waals surface area contributed by atoms with E-state index in [1.807, 2.05) is 0 Å². The number of hydrogen-bond acceptors (Lipinski definition) is 5. The maximum Gasteiger partial charge on any atom is 0.309 e. The molecule has 0 N–H and O–H groups in total. The molecule has 0 unspecified atom stereocenters. The van der Waals surface area contributed by atoms with Gasteiger partial charge in [-0.15, -0.1) is 0 Å². The molecule has 0 saturated heterocycles. The fraction of sp³-hybridized carbons (Fsp3) is 0.333. The zero-order valence-corrected chi connectivity index (χ0v) is 11.3. The fourth-order valence-corrected chi connectivity index (χ4v) is 1.63. The molecular weight excluding hydrogens is 272 g/mol. The van der Waals surface area contributed by atoms with E-state index in [4.69, 9.17) is 16.3 Å². The van der Waals surface area contributed by atoms with Gasteiger partial charge in [-0.1, -0.05) is 23.8 Å². The summed E-state index contributed by atoms with van der Waals surface area (Å²) >= 11 is 5.67. The van der Waals surface area contributed by atoms with Gasteiger partial charge in [0.2, 0.25) is 5.15 Å². The normalized spacial score (nSPS) is 10.7. The number of aromatic nitrogens is 1. The van der Waals surface area contributed by atoms with E-state index < -0.39 is 4.92 Å². The maximum atomic E-state index is 11.1. The summed E-state index contributed by atoms with van der Waals surface area (Å²) in [5.74, 6) is -0.354. The molecule has 19 heavy (non-hydrogen) atoms. The Balaban J connectivity index is 2.89. The van der Waals surface area contributed by atoms with Gasteiger partial charge >= 0.3 is 11.7 Å². The number of rotatable bonds is 5. The third-order valence-corrected chi connectivity index (χ3v) is 2.55. The second-order valence-corrected chi connectivity index (χ2v) is 4.00. The molecule has 0 aliphatic carbocycles. The monoisotopic (exact) mass is 284 g/mol. The molecule has 7 heteroatoms. The van der Waals surface area contributed by atoms with Gasteiger partial charge in [0.1, 0.15) is 0 Å². The molecule has 0 atom stereocenters. The Hall–Kier alpha value is -1.95. The first-order chi connectivity index (χ1) is 8.95. The van der Waals surface area contributed by atoms with E-state index >= 15 is 0 Å². The average Bonchev–Trinajstić information content (AvgIpc) is 2.31. The summed E-state index contributed by atoms with van der Waals surface area (Å²) in [7, 11) is 0. The third kappa shape index (κ3) is 4.33. The van der Waals surface area contributed by atoms with E-state index in [2.05, 4.69) is 4.98 Å². The first-order valence-electron chi connectivity index (χ1n) is 5.59. The zero-order chi connectivity index (χ0) is 14.4. The van der Waals surface area contributed by atoms with E-state index in [-0.39, 0.29) is 23.2 Å². The topological polar surface area (TPSA) is 82.3 Å². The van der Waals surface area contributed by atoms with Crippen molar-refractivity contribution in [2.45, 2.75) is 20.3 Å². The minimum Gasteiger partial charge on any atom is -0.466 e. The predicted octanol–water partition coefficient (Wildman–Crippen LogP) is 2.92. The second-order valence-electron chi connectivity index (χ2n) is 3.64. The Kier molecular flexibility index (Phi) is 5.44. The lowest BCUT2D eigenvalue weighted by atomic mass is 10.1. The highest BCUT2D eigenvalue weighted by Crippen LogP contribution is 2.25. The van der Waals surface area contributed by atoms with Gasteiger partial charge in [0.15, 0.2) is 0 Å². The van der Waals surface area contributed by atoms with Gasteiger partial charge in [-0.3, -0.25) is 14.9 Å². The maximum absolute atomic E-state index is 11.1. The summed E-state index contributed by atoms with van der Waals surface area (Å²) in [6, 6.07) is 1.33. The summed E-state index contributed by atoms with van der Waals surface area (Å²) in [6.45, 7) is 3.72. The first-order valence-corrected chi connectivity index (χ1v) is 5.97. The number of nitrogens with zero attached hydrogens (tertiary/aromatic N) is 2. The molecule has 0 aromatic carbocycles. The molecule has 0 radical (unpaired) electrons. The van der Waals surface area contributed by atoms with Crippen LogP contribution in [0.3, 0.4) is 0 Å². The third-order valence-electron chi connectivity index (χ3n) is 2.27. The molecule has 0 aliphatic rings. The molecule has 0 fully saturated rings. The van der Waals surface area contributed by atoms with Crippen LogP contribution in [-0.4, -0.2) is 22.5 Å². The van der Waals surface area contributed by atoms with Crippen molar-refractivity contribution >= 4 is 29.3 Å². The van der Waals surface area contributed by atoms with Gasteiger partial charge in [0.05, 0.1) is 18.0 Å². The molecule has 0 saturated carbocycles. The van der Waals surface area contributed by atoms with Crippen LogP contribution in [0, 0.1) is 17.0 Å². The minimum absolute atomic E-state index is 0.101. The van der Waals surface area contributed by atoms with Crippen molar-refractivity contribution in [3.05, 3.63) is 38.7 Å². The Morgan fingerprint density at radius 2 is 2.32 bits per heavy atom. The second kappa shape index (κ2) is 6.84. The highest BCUT2D eigenvalue weighted by Gasteiger charge is 2.15.